The Bertz CT molecular complexity index is 947. The van der Waals surface area contributed by atoms with E-state index in [0.717, 1.165) is 22.6 Å². The lowest BCUT2D eigenvalue weighted by molar-refractivity contribution is 0.0950. The first-order valence-electron chi connectivity index (χ1n) is 8.52. The van der Waals surface area contributed by atoms with E-state index >= 15 is 0 Å². The second-order valence-corrected chi connectivity index (χ2v) is 6.04. The summed E-state index contributed by atoms with van der Waals surface area (Å²) in [7, 11) is 0. The number of ether oxygens (including phenoxy) is 2. The van der Waals surface area contributed by atoms with E-state index in [9.17, 15) is 4.79 Å². The topological polar surface area (TPSA) is 85.4 Å². The zero-order valence-electron chi connectivity index (χ0n) is 14.5. The van der Waals surface area contributed by atoms with Gasteiger partial charge in [-0.25, -0.2) is 0 Å². The van der Waals surface area contributed by atoms with Crippen LogP contribution in [0.4, 0.5) is 5.69 Å². The van der Waals surface area contributed by atoms with Gasteiger partial charge >= 0.3 is 0 Å². The highest BCUT2D eigenvalue weighted by Crippen LogP contribution is 2.32. The Morgan fingerprint density at radius 3 is 2.67 bits per heavy atom. The molecule has 1 aromatic carbocycles. The Morgan fingerprint density at radius 2 is 1.78 bits per heavy atom. The highest BCUT2D eigenvalue weighted by Gasteiger charge is 2.14. The molecule has 1 aliphatic heterocycles. The van der Waals surface area contributed by atoms with Crippen molar-refractivity contribution in [2.24, 2.45) is 0 Å². The van der Waals surface area contributed by atoms with Gasteiger partial charge in [0.2, 0.25) is 6.79 Å². The number of carbonyl (C=O) groups is 1. The van der Waals surface area contributed by atoms with Crippen molar-refractivity contribution in [3.8, 4) is 11.5 Å². The third kappa shape index (κ3) is 4.14. The molecule has 1 amide bonds. The van der Waals surface area contributed by atoms with Crippen molar-refractivity contribution in [3.63, 3.8) is 0 Å². The van der Waals surface area contributed by atoms with Gasteiger partial charge in [-0.2, -0.15) is 0 Å². The van der Waals surface area contributed by atoms with Crippen molar-refractivity contribution in [3.05, 3.63) is 77.9 Å². The van der Waals surface area contributed by atoms with Gasteiger partial charge in [0.1, 0.15) is 0 Å². The van der Waals surface area contributed by atoms with Gasteiger partial charge < -0.3 is 20.1 Å². The normalized spacial score (nSPS) is 11.9. The molecule has 2 N–H and O–H groups in total. The summed E-state index contributed by atoms with van der Waals surface area (Å²) in [6, 6.07) is 11.3. The van der Waals surface area contributed by atoms with Gasteiger partial charge in [-0.3, -0.25) is 14.8 Å². The minimum absolute atomic E-state index is 0.187. The van der Waals surface area contributed by atoms with Crippen LogP contribution in [0, 0.1) is 0 Å². The van der Waals surface area contributed by atoms with Gasteiger partial charge in [0.25, 0.3) is 5.91 Å². The third-order valence-corrected chi connectivity index (χ3v) is 4.14. The summed E-state index contributed by atoms with van der Waals surface area (Å²) in [6.07, 6.45) is 6.73. The molecular weight excluding hydrogens is 344 g/mol. The first-order chi connectivity index (χ1) is 13.3. The Hall–Kier alpha value is -3.61. The lowest BCUT2D eigenvalue weighted by Crippen LogP contribution is -2.23. The Balaban J connectivity index is 1.36. The molecule has 0 aliphatic carbocycles. The zero-order chi connectivity index (χ0) is 18.5. The van der Waals surface area contributed by atoms with E-state index < -0.39 is 0 Å². The molecule has 7 heteroatoms. The molecule has 3 aromatic rings. The fourth-order valence-corrected chi connectivity index (χ4v) is 2.70. The molecule has 27 heavy (non-hydrogen) atoms. The smallest absolute Gasteiger partial charge is 0.253 e. The van der Waals surface area contributed by atoms with Gasteiger partial charge in [0.15, 0.2) is 11.5 Å². The van der Waals surface area contributed by atoms with Crippen LogP contribution in [-0.2, 0) is 13.1 Å². The first-order valence-corrected chi connectivity index (χ1v) is 8.52. The molecule has 0 fully saturated rings. The summed E-state index contributed by atoms with van der Waals surface area (Å²) in [5.41, 5.74) is 3.31. The number of hydrogen-bond donors (Lipinski definition) is 2. The molecule has 0 bridgehead atoms. The Labute approximate surface area is 156 Å². The second-order valence-electron chi connectivity index (χ2n) is 6.04. The van der Waals surface area contributed by atoms with Crippen LogP contribution in [0.5, 0.6) is 11.5 Å². The molecule has 4 rings (SSSR count). The summed E-state index contributed by atoms with van der Waals surface area (Å²) in [5, 5.41) is 6.15. The number of amides is 1. The van der Waals surface area contributed by atoms with Crippen molar-refractivity contribution >= 4 is 11.6 Å². The summed E-state index contributed by atoms with van der Waals surface area (Å²) >= 11 is 0. The largest absolute Gasteiger partial charge is 0.454 e. The van der Waals surface area contributed by atoms with E-state index in [1.807, 2.05) is 30.3 Å². The van der Waals surface area contributed by atoms with E-state index in [1.54, 1.807) is 30.9 Å². The molecule has 136 valence electrons. The lowest BCUT2D eigenvalue weighted by atomic mass is 10.2. The maximum Gasteiger partial charge on any atom is 0.253 e. The van der Waals surface area contributed by atoms with Crippen molar-refractivity contribution in [2.45, 2.75) is 13.1 Å². The lowest BCUT2D eigenvalue weighted by Gasteiger charge is -2.09. The molecule has 7 nitrogen and oxygen atoms in total. The predicted molar refractivity (Wildman–Crippen MR) is 99.5 cm³/mol. The number of benzene rings is 1. The average Bonchev–Trinajstić information content (AvgIpc) is 3.19. The van der Waals surface area contributed by atoms with E-state index in [-0.39, 0.29) is 12.7 Å². The fourth-order valence-electron chi connectivity index (χ4n) is 2.70. The summed E-state index contributed by atoms with van der Waals surface area (Å²) in [6.45, 7) is 1.26. The molecule has 0 saturated carbocycles. The van der Waals surface area contributed by atoms with Crippen LogP contribution in [0.3, 0.4) is 0 Å². The summed E-state index contributed by atoms with van der Waals surface area (Å²) < 4.78 is 10.6. The molecule has 2 aromatic heterocycles. The van der Waals surface area contributed by atoms with Crippen LogP contribution >= 0.6 is 0 Å². The van der Waals surface area contributed by atoms with E-state index in [2.05, 4.69) is 20.6 Å². The zero-order valence-corrected chi connectivity index (χ0v) is 14.5. The highest BCUT2D eigenvalue weighted by molar-refractivity contribution is 5.94. The van der Waals surface area contributed by atoms with Gasteiger partial charge in [0, 0.05) is 37.9 Å². The van der Waals surface area contributed by atoms with Crippen molar-refractivity contribution in [1.82, 2.24) is 15.3 Å². The second kappa shape index (κ2) is 7.74. The van der Waals surface area contributed by atoms with E-state index in [4.69, 9.17) is 9.47 Å². The summed E-state index contributed by atoms with van der Waals surface area (Å²) in [5.74, 6) is 1.24. The molecule has 0 spiro atoms. The number of anilines is 1. The molecular formula is C20H18N4O3. The number of rotatable bonds is 6. The molecule has 0 radical (unpaired) electrons. The van der Waals surface area contributed by atoms with Crippen LogP contribution in [0.2, 0.25) is 0 Å². The molecule has 0 saturated heterocycles. The van der Waals surface area contributed by atoms with Crippen LogP contribution < -0.4 is 20.1 Å². The maximum atomic E-state index is 12.4. The minimum Gasteiger partial charge on any atom is -0.454 e. The van der Waals surface area contributed by atoms with Crippen molar-refractivity contribution < 1.29 is 14.3 Å². The predicted octanol–water partition coefficient (Wildman–Crippen LogP) is 2.75. The monoisotopic (exact) mass is 362 g/mol. The van der Waals surface area contributed by atoms with Crippen LogP contribution in [-0.4, -0.2) is 22.7 Å². The van der Waals surface area contributed by atoms with Crippen LogP contribution in [0.1, 0.15) is 21.5 Å². The third-order valence-electron chi connectivity index (χ3n) is 4.14. The standard InChI is InChI=1S/C20H18N4O3/c25-20(24-10-15-1-2-18-19(7-15)27-13-26-18)16-8-17(12-22-11-16)23-9-14-3-5-21-6-4-14/h1-8,11-12,23H,9-10,13H2,(H,24,25). The highest BCUT2D eigenvalue weighted by atomic mass is 16.7. The number of hydrogen-bond acceptors (Lipinski definition) is 6. The van der Waals surface area contributed by atoms with Crippen LogP contribution in [0.25, 0.3) is 0 Å². The Morgan fingerprint density at radius 1 is 0.926 bits per heavy atom. The fraction of sp³-hybridized carbons (Fsp3) is 0.150. The molecule has 3 heterocycles. The van der Waals surface area contributed by atoms with Gasteiger partial charge in [-0.05, 0) is 41.5 Å². The number of nitrogens with zero attached hydrogens (tertiary/aromatic N) is 2. The molecule has 1 aliphatic rings. The maximum absolute atomic E-state index is 12.4. The van der Waals surface area contributed by atoms with Gasteiger partial charge in [-0.15, -0.1) is 0 Å². The van der Waals surface area contributed by atoms with Gasteiger partial charge in [-0.1, -0.05) is 6.07 Å². The first kappa shape index (κ1) is 16.8. The number of aromatic nitrogens is 2. The number of nitrogens with one attached hydrogen (secondary N) is 2. The van der Waals surface area contributed by atoms with Crippen molar-refractivity contribution in [2.75, 3.05) is 12.1 Å². The van der Waals surface area contributed by atoms with Gasteiger partial charge in [0.05, 0.1) is 11.3 Å². The minimum atomic E-state index is -0.187. The average molecular weight is 362 g/mol. The number of fused-ring (bicyclic) bond motifs is 1. The molecule has 0 atom stereocenters. The SMILES string of the molecule is O=C(NCc1ccc2c(c1)OCO2)c1cncc(NCc2ccncc2)c1. The van der Waals surface area contributed by atoms with Crippen molar-refractivity contribution in [1.29, 1.82) is 0 Å². The Kier molecular flexibility index (Phi) is 4.82. The van der Waals surface area contributed by atoms with E-state index in [1.165, 1.54) is 0 Å². The summed E-state index contributed by atoms with van der Waals surface area (Å²) in [4.78, 5) is 20.6. The number of pyridine rings is 2. The number of carbonyl (C=O) groups excluding carboxylic acids is 1. The quantitative estimate of drug-likeness (QED) is 0.701. The van der Waals surface area contributed by atoms with Crippen LogP contribution in [0.15, 0.2) is 61.2 Å². The van der Waals surface area contributed by atoms with E-state index in [0.29, 0.717) is 24.4 Å². The molecule has 0 unspecified atom stereocenters.